The van der Waals surface area contributed by atoms with Gasteiger partial charge in [0.2, 0.25) is 0 Å². The van der Waals surface area contributed by atoms with E-state index in [2.05, 4.69) is 17.3 Å². The van der Waals surface area contributed by atoms with Crippen LogP contribution in [0.3, 0.4) is 0 Å². The van der Waals surface area contributed by atoms with E-state index >= 15 is 0 Å². The molecule has 1 fully saturated rings. The van der Waals surface area contributed by atoms with Gasteiger partial charge in [-0.1, -0.05) is 24.6 Å². The van der Waals surface area contributed by atoms with Crippen molar-refractivity contribution in [1.29, 1.82) is 0 Å². The first kappa shape index (κ1) is 20.7. The van der Waals surface area contributed by atoms with Crippen molar-refractivity contribution >= 4 is 29.9 Å². The molecule has 1 unspecified atom stereocenters. The molecule has 0 spiro atoms. The number of carbonyl (C=O) groups excluding carboxylic acids is 1. The van der Waals surface area contributed by atoms with Crippen LogP contribution >= 0.6 is 24.0 Å². The molecule has 2 heterocycles. The quantitative estimate of drug-likeness (QED) is 0.839. The highest BCUT2D eigenvalue weighted by atomic mass is 35.5. The predicted molar refractivity (Wildman–Crippen MR) is 108 cm³/mol. The average Bonchev–Trinajstić information content (AvgIpc) is 3.05. The third kappa shape index (κ3) is 4.40. The summed E-state index contributed by atoms with van der Waals surface area (Å²) in [4.78, 5) is 15.0. The summed E-state index contributed by atoms with van der Waals surface area (Å²) in [6.07, 6.45) is 4.67. The van der Waals surface area contributed by atoms with Crippen LogP contribution in [0.5, 0.6) is 0 Å². The summed E-state index contributed by atoms with van der Waals surface area (Å²) in [5, 5.41) is 8.35. The summed E-state index contributed by atoms with van der Waals surface area (Å²) in [6, 6.07) is 7.55. The van der Waals surface area contributed by atoms with Crippen molar-refractivity contribution in [3.05, 3.63) is 46.7 Å². The zero-order valence-corrected chi connectivity index (χ0v) is 16.8. The number of halogens is 2. The maximum atomic E-state index is 13.1. The lowest BCUT2D eigenvalue weighted by atomic mass is 9.97. The molecule has 5 nitrogen and oxygen atoms in total. The van der Waals surface area contributed by atoms with Gasteiger partial charge in [-0.25, -0.2) is 4.68 Å². The van der Waals surface area contributed by atoms with Gasteiger partial charge in [-0.05, 0) is 57.0 Å². The number of nitrogens with one attached hydrogen (secondary N) is 1. The lowest BCUT2D eigenvalue weighted by Gasteiger charge is -2.32. The molecule has 7 heteroatoms. The van der Waals surface area contributed by atoms with Crippen molar-refractivity contribution in [2.75, 3.05) is 26.7 Å². The van der Waals surface area contributed by atoms with E-state index in [0.29, 0.717) is 16.5 Å². The summed E-state index contributed by atoms with van der Waals surface area (Å²) in [6.45, 7) is 4.64. The van der Waals surface area contributed by atoms with Gasteiger partial charge in [0.25, 0.3) is 5.91 Å². The highest BCUT2D eigenvalue weighted by Gasteiger charge is 2.27. The minimum Gasteiger partial charge on any atom is -0.338 e. The normalized spacial score (nSPS) is 17.0. The monoisotopic (exact) mass is 396 g/mol. The average molecular weight is 397 g/mol. The molecule has 0 aliphatic carbocycles. The second-order valence-electron chi connectivity index (χ2n) is 6.57. The van der Waals surface area contributed by atoms with Gasteiger partial charge in [0, 0.05) is 18.1 Å². The number of likely N-dealkylation sites (tertiary alicyclic amines) is 1. The number of rotatable bonds is 5. The van der Waals surface area contributed by atoms with Crippen LogP contribution in [-0.4, -0.2) is 47.3 Å². The van der Waals surface area contributed by atoms with Gasteiger partial charge in [0.15, 0.2) is 0 Å². The molecule has 1 amide bonds. The third-order valence-electron chi connectivity index (χ3n) is 4.79. The van der Waals surface area contributed by atoms with E-state index in [-0.39, 0.29) is 18.3 Å². The van der Waals surface area contributed by atoms with Crippen LogP contribution in [-0.2, 0) is 6.42 Å². The Kier molecular flexibility index (Phi) is 7.50. The first-order valence-corrected chi connectivity index (χ1v) is 9.28. The Labute approximate surface area is 166 Å². The maximum Gasteiger partial charge on any atom is 0.257 e. The highest BCUT2D eigenvalue weighted by molar-refractivity contribution is 6.30. The van der Waals surface area contributed by atoms with E-state index in [1.54, 1.807) is 6.20 Å². The zero-order chi connectivity index (χ0) is 17.8. The van der Waals surface area contributed by atoms with Crippen LogP contribution in [0, 0.1) is 5.92 Å². The minimum absolute atomic E-state index is 0. The summed E-state index contributed by atoms with van der Waals surface area (Å²) in [7, 11) is 1.96. The lowest BCUT2D eigenvalue weighted by Crippen LogP contribution is -2.42. The van der Waals surface area contributed by atoms with Crippen LogP contribution in [0.25, 0.3) is 5.69 Å². The molecule has 3 rings (SSSR count). The molecule has 1 atom stereocenters. The fourth-order valence-corrected chi connectivity index (χ4v) is 3.78. The SMILES string of the molecule is CCc1c(C(=O)N2CCCC(CNC)C2)cnn1-c1cccc(Cl)c1.Cl. The van der Waals surface area contributed by atoms with Crippen LogP contribution in [0.4, 0.5) is 0 Å². The number of hydrogen-bond donors (Lipinski definition) is 1. The number of piperidine rings is 1. The highest BCUT2D eigenvalue weighted by Crippen LogP contribution is 2.23. The van der Waals surface area contributed by atoms with Gasteiger partial charge in [-0.15, -0.1) is 12.4 Å². The van der Waals surface area contributed by atoms with Crippen LogP contribution in [0.15, 0.2) is 30.5 Å². The zero-order valence-electron chi connectivity index (χ0n) is 15.2. The Morgan fingerprint density at radius 2 is 2.23 bits per heavy atom. The maximum absolute atomic E-state index is 13.1. The summed E-state index contributed by atoms with van der Waals surface area (Å²) in [5.74, 6) is 0.613. The number of nitrogens with zero attached hydrogens (tertiary/aromatic N) is 3. The molecule has 142 valence electrons. The Balaban J connectivity index is 0.00000243. The van der Waals surface area contributed by atoms with Crippen molar-refractivity contribution in [3.63, 3.8) is 0 Å². The van der Waals surface area contributed by atoms with Crippen LogP contribution in [0.1, 0.15) is 35.8 Å². The lowest BCUT2D eigenvalue weighted by molar-refractivity contribution is 0.0673. The molecular formula is C19H26Cl2N4O. The van der Waals surface area contributed by atoms with Gasteiger partial charge >= 0.3 is 0 Å². The molecule has 0 radical (unpaired) electrons. The van der Waals surface area contributed by atoms with E-state index in [9.17, 15) is 4.79 Å². The molecule has 2 aromatic rings. The largest absolute Gasteiger partial charge is 0.338 e. The minimum atomic E-state index is 0. The second-order valence-corrected chi connectivity index (χ2v) is 7.00. The van der Waals surface area contributed by atoms with Gasteiger partial charge in [0.1, 0.15) is 0 Å². The van der Waals surface area contributed by atoms with Gasteiger partial charge in [-0.2, -0.15) is 5.10 Å². The fourth-order valence-electron chi connectivity index (χ4n) is 3.60. The smallest absolute Gasteiger partial charge is 0.257 e. The molecule has 26 heavy (non-hydrogen) atoms. The fraction of sp³-hybridized carbons (Fsp3) is 0.474. The standard InChI is InChI=1S/C19H25ClN4O.ClH/c1-3-18-17(12-22-24(18)16-8-4-7-15(20)10-16)19(25)23-9-5-6-14(13-23)11-21-2;/h4,7-8,10,12,14,21H,3,5-6,9,11,13H2,1-2H3;1H. The Bertz CT molecular complexity index is 745. The first-order chi connectivity index (χ1) is 12.1. The Morgan fingerprint density at radius 3 is 2.92 bits per heavy atom. The van der Waals surface area contributed by atoms with Gasteiger partial charge in [-0.3, -0.25) is 4.79 Å². The van der Waals surface area contributed by atoms with Crippen molar-refractivity contribution in [2.45, 2.75) is 26.2 Å². The Morgan fingerprint density at radius 1 is 1.42 bits per heavy atom. The van der Waals surface area contributed by atoms with Crippen molar-refractivity contribution < 1.29 is 4.79 Å². The number of amides is 1. The summed E-state index contributed by atoms with van der Waals surface area (Å²) >= 11 is 6.10. The van der Waals surface area contributed by atoms with E-state index in [1.165, 1.54) is 6.42 Å². The first-order valence-electron chi connectivity index (χ1n) is 8.90. The molecule has 0 saturated carbocycles. The second kappa shape index (κ2) is 9.40. The van der Waals surface area contributed by atoms with E-state index < -0.39 is 0 Å². The third-order valence-corrected chi connectivity index (χ3v) is 5.02. The topological polar surface area (TPSA) is 50.2 Å². The Hall–Kier alpha value is -1.56. The van der Waals surface area contributed by atoms with Gasteiger partial charge in [0.05, 0.1) is 23.1 Å². The molecule has 1 aliphatic rings. The molecule has 1 aromatic heterocycles. The predicted octanol–water partition coefficient (Wildman–Crippen LogP) is 3.58. The molecule has 1 saturated heterocycles. The molecular weight excluding hydrogens is 371 g/mol. The number of aromatic nitrogens is 2. The number of hydrogen-bond acceptors (Lipinski definition) is 3. The molecule has 1 aliphatic heterocycles. The molecule has 0 bridgehead atoms. The van der Waals surface area contributed by atoms with Crippen molar-refractivity contribution in [2.24, 2.45) is 5.92 Å². The van der Waals surface area contributed by atoms with E-state index in [1.807, 2.05) is 40.9 Å². The van der Waals surface area contributed by atoms with Crippen molar-refractivity contribution in [1.82, 2.24) is 20.0 Å². The van der Waals surface area contributed by atoms with Crippen LogP contribution in [0.2, 0.25) is 5.02 Å². The van der Waals surface area contributed by atoms with E-state index in [4.69, 9.17) is 11.6 Å². The summed E-state index contributed by atoms with van der Waals surface area (Å²) < 4.78 is 1.83. The number of benzene rings is 1. The van der Waals surface area contributed by atoms with Crippen LogP contribution < -0.4 is 5.32 Å². The van der Waals surface area contributed by atoms with Crippen molar-refractivity contribution in [3.8, 4) is 5.69 Å². The number of carbonyl (C=O) groups is 1. The van der Waals surface area contributed by atoms with E-state index in [0.717, 1.165) is 43.9 Å². The molecule has 1 aromatic carbocycles. The molecule has 1 N–H and O–H groups in total. The van der Waals surface area contributed by atoms with Gasteiger partial charge < -0.3 is 10.2 Å². The summed E-state index contributed by atoms with van der Waals surface area (Å²) in [5.41, 5.74) is 2.52.